The van der Waals surface area contributed by atoms with Crippen molar-refractivity contribution in [1.82, 2.24) is 14.8 Å². The third-order valence-electron chi connectivity index (χ3n) is 4.41. The highest BCUT2D eigenvalue weighted by Crippen LogP contribution is 2.31. The van der Waals surface area contributed by atoms with E-state index < -0.39 is 12.0 Å². The number of aliphatic carboxylic acids is 1. The molecular weight excluding hydrogens is 346 g/mol. The molecule has 1 saturated heterocycles. The van der Waals surface area contributed by atoms with Gasteiger partial charge in [-0.25, -0.2) is 4.79 Å². The number of carbonyl (C=O) groups excluding carboxylic acids is 1. The molecular formula is C17H20ClN3O4. The second-order valence-corrected chi connectivity index (χ2v) is 6.33. The number of hydrogen-bond donors (Lipinski definition) is 2. The van der Waals surface area contributed by atoms with E-state index in [4.69, 9.17) is 16.3 Å². The highest BCUT2D eigenvalue weighted by atomic mass is 35.5. The van der Waals surface area contributed by atoms with Crippen molar-refractivity contribution >= 4 is 34.6 Å². The number of aromatic nitrogens is 1. The number of carbonyl (C=O) groups is 2. The number of nitrogens with one attached hydrogen (secondary N) is 1. The molecule has 0 bridgehead atoms. The van der Waals surface area contributed by atoms with E-state index in [1.807, 2.05) is 11.0 Å². The van der Waals surface area contributed by atoms with Gasteiger partial charge in [0.15, 0.2) is 0 Å². The van der Waals surface area contributed by atoms with Crippen molar-refractivity contribution in [2.45, 2.75) is 13.0 Å². The average Bonchev–Trinajstić information content (AvgIpc) is 2.98. The van der Waals surface area contributed by atoms with Crippen LogP contribution in [-0.2, 0) is 9.53 Å². The quantitative estimate of drug-likeness (QED) is 0.870. The van der Waals surface area contributed by atoms with Gasteiger partial charge in [-0.05, 0) is 25.1 Å². The van der Waals surface area contributed by atoms with Crippen LogP contribution >= 0.6 is 11.6 Å². The second-order valence-electron chi connectivity index (χ2n) is 5.90. The van der Waals surface area contributed by atoms with E-state index in [1.54, 1.807) is 30.2 Å². The summed E-state index contributed by atoms with van der Waals surface area (Å²) in [5, 5.41) is 11.2. The van der Waals surface area contributed by atoms with Gasteiger partial charge in [-0.1, -0.05) is 11.6 Å². The van der Waals surface area contributed by atoms with Crippen molar-refractivity contribution in [2.75, 3.05) is 32.8 Å². The van der Waals surface area contributed by atoms with Gasteiger partial charge in [-0.2, -0.15) is 0 Å². The van der Waals surface area contributed by atoms with E-state index in [9.17, 15) is 14.7 Å². The molecule has 1 aliphatic heterocycles. The standard InChI is InChI=1S/C17H20ClN3O4/c1-2-25-17(24)21-7-5-20(6-8-21)15(16(22)23)13-10-19-14-4-3-11(18)9-12(13)14/h3-4,9-10,15,19H,2,5-8H2,1H3,(H,22,23)/t15-/m0/s1. The Morgan fingerprint density at radius 3 is 2.68 bits per heavy atom. The van der Waals surface area contributed by atoms with Crippen molar-refractivity contribution in [2.24, 2.45) is 0 Å². The van der Waals surface area contributed by atoms with Crippen LogP contribution in [0.3, 0.4) is 0 Å². The van der Waals surface area contributed by atoms with Crippen LogP contribution in [0.15, 0.2) is 24.4 Å². The summed E-state index contributed by atoms with van der Waals surface area (Å²) in [5.74, 6) is -0.925. The van der Waals surface area contributed by atoms with Gasteiger partial charge in [-0.3, -0.25) is 9.69 Å². The monoisotopic (exact) mass is 365 g/mol. The van der Waals surface area contributed by atoms with E-state index in [-0.39, 0.29) is 6.09 Å². The molecule has 2 heterocycles. The van der Waals surface area contributed by atoms with Crippen LogP contribution in [0.5, 0.6) is 0 Å². The third-order valence-corrected chi connectivity index (χ3v) is 4.64. The molecule has 1 aliphatic rings. The zero-order valence-electron chi connectivity index (χ0n) is 13.9. The molecule has 1 aromatic carbocycles. The second kappa shape index (κ2) is 7.33. The molecule has 0 aliphatic carbocycles. The number of benzene rings is 1. The van der Waals surface area contributed by atoms with E-state index >= 15 is 0 Å². The molecule has 1 aromatic heterocycles. The fourth-order valence-corrected chi connectivity index (χ4v) is 3.38. The molecule has 0 spiro atoms. The lowest BCUT2D eigenvalue weighted by Gasteiger charge is -2.37. The Hall–Kier alpha value is -2.25. The minimum atomic E-state index is -0.925. The first kappa shape index (κ1) is 17.6. The van der Waals surface area contributed by atoms with Crippen molar-refractivity contribution in [1.29, 1.82) is 0 Å². The minimum absolute atomic E-state index is 0.326. The summed E-state index contributed by atoms with van der Waals surface area (Å²) in [6.45, 7) is 3.88. The zero-order chi connectivity index (χ0) is 18.0. The van der Waals surface area contributed by atoms with Crippen molar-refractivity contribution in [3.8, 4) is 0 Å². The molecule has 1 atom stereocenters. The van der Waals surface area contributed by atoms with Crippen LogP contribution in [-0.4, -0.2) is 64.7 Å². The Labute approximate surface area is 150 Å². The molecule has 2 N–H and O–H groups in total. The van der Waals surface area contributed by atoms with Crippen LogP contribution in [0.1, 0.15) is 18.5 Å². The van der Waals surface area contributed by atoms with Gasteiger partial charge in [0.05, 0.1) is 6.61 Å². The smallest absolute Gasteiger partial charge is 0.409 e. The average molecular weight is 366 g/mol. The number of halogens is 1. The lowest BCUT2D eigenvalue weighted by molar-refractivity contribution is -0.144. The van der Waals surface area contributed by atoms with Gasteiger partial charge in [0.25, 0.3) is 0 Å². The number of aromatic amines is 1. The summed E-state index contributed by atoms with van der Waals surface area (Å²) >= 11 is 6.07. The van der Waals surface area contributed by atoms with Gasteiger partial charge in [0.1, 0.15) is 6.04 Å². The first-order valence-electron chi connectivity index (χ1n) is 8.16. The molecule has 0 saturated carbocycles. The summed E-state index contributed by atoms with van der Waals surface area (Å²) < 4.78 is 5.00. The summed E-state index contributed by atoms with van der Waals surface area (Å²) in [4.78, 5) is 30.3. The number of fused-ring (bicyclic) bond motifs is 1. The molecule has 2 aromatic rings. The Kier molecular flexibility index (Phi) is 5.15. The number of carboxylic acids is 1. The number of amides is 1. The molecule has 0 radical (unpaired) electrons. The normalized spacial score (nSPS) is 16.8. The van der Waals surface area contributed by atoms with E-state index in [1.165, 1.54) is 0 Å². The molecule has 134 valence electrons. The third kappa shape index (κ3) is 3.57. The fourth-order valence-electron chi connectivity index (χ4n) is 3.20. The largest absolute Gasteiger partial charge is 0.480 e. The predicted molar refractivity (Wildman–Crippen MR) is 93.9 cm³/mol. The van der Waals surface area contributed by atoms with Gasteiger partial charge < -0.3 is 19.7 Å². The molecule has 8 heteroatoms. The highest BCUT2D eigenvalue weighted by Gasteiger charge is 2.33. The Bertz CT molecular complexity index is 783. The van der Waals surface area contributed by atoms with Gasteiger partial charge >= 0.3 is 12.1 Å². The number of nitrogens with zero attached hydrogens (tertiary/aromatic N) is 2. The molecule has 1 fully saturated rings. The zero-order valence-corrected chi connectivity index (χ0v) is 14.6. The first-order chi connectivity index (χ1) is 12.0. The van der Waals surface area contributed by atoms with Crippen molar-refractivity contribution < 1.29 is 19.4 Å². The Morgan fingerprint density at radius 1 is 1.32 bits per heavy atom. The fraction of sp³-hybridized carbons (Fsp3) is 0.412. The maximum atomic E-state index is 11.9. The number of piperazine rings is 1. The maximum Gasteiger partial charge on any atom is 0.409 e. The molecule has 0 unspecified atom stereocenters. The predicted octanol–water partition coefficient (Wildman–Crippen LogP) is 2.72. The van der Waals surface area contributed by atoms with Gasteiger partial charge in [0, 0.05) is 53.9 Å². The molecule has 7 nitrogen and oxygen atoms in total. The topological polar surface area (TPSA) is 85.9 Å². The van der Waals surface area contributed by atoms with E-state index in [0.29, 0.717) is 43.4 Å². The van der Waals surface area contributed by atoms with E-state index in [0.717, 1.165) is 10.9 Å². The number of rotatable bonds is 4. The number of ether oxygens (including phenoxy) is 1. The Balaban J connectivity index is 1.82. The van der Waals surface area contributed by atoms with Gasteiger partial charge in [-0.15, -0.1) is 0 Å². The number of hydrogen-bond acceptors (Lipinski definition) is 4. The number of carboxylic acid groups (broad SMARTS) is 1. The highest BCUT2D eigenvalue weighted by molar-refractivity contribution is 6.31. The van der Waals surface area contributed by atoms with Crippen LogP contribution in [0.2, 0.25) is 5.02 Å². The van der Waals surface area contributed by atoms with E-state index in [2.05, 4.69) is 4.98 Å². The summed E-state index contributed by atoms with van der Waals surface area (Å²) in [6.07, 6.45) is 1.37. The molecule has 25 heavy (non-hydrogen) atoms. The van der Waals surface area contributed by atoms with Crippen LogP contribution in [0.25, 0.3) is 10.9 Å². The van der Waals surface area contributed by atoms with Crippen LogP contribution in [0, 0.1) is 0 Å². The van der Waals surface area contributed by atoms with Crippen molar-refractivity contribution in [3.63, 3.8) is 0 Å². The maximum absolute atomic E-state index is 11.9. The summed E-state index contributed by atoms with van der Waals surface area (Å²) in [6, 6.07) is 4.57. The lowest BCUT2D eigenvalue weighted by atomic mass is 10.0. The van der Waals surface area contributed by atoms with Crippen LogP contribution in [0.4, 0.5) is 4.79 Å². The summed E-state index contributed by atoms with van der Waals surface area (Å²) in [5.41, 5.74) is 1.52. The Morgan fingerprint density at radius 2 is 2.04 bits per heavy atom. The SMILES string of the molecule is CCOC(=O)N1CCN([C@H](C(=O)O)c2c[nH]c3ccc(Cl)cc23)CC1. The van der Waals surface area contributed by atoms with Crippen molar-refractivity contribution in [3.05, 3.63) is 35.0 Å². The van der Waals surface area contributed by atoms with Gasteiger partial charge in [0.2, 0.25) is 0 Å². The number of H-pyrrole nitrogens is 1. The first-order valence-corrected chi connectivity index (χ1v) is 8.54. The minimum Gasteiger partial charge on any atom is -0.480 e. The van der Waals surface area contributed by atoms with Crippen LogP contribution < -0.4 is 0 Å². The molecule has 1 amide bonds. The molecule has 3 rings (SSSR count). The lowest BCUT2D eigenvalue weighted by Crippen LogP contribution is -2.51. The summed E-state index contributed by atoms with van der Waals surface area (Å²) in [7, 11) is 0.